The molecule has 90 valence electrons. The zero-order valence-corrected chi connectivity index (χ0v) is 10.6. The molecule has 0 spiro atoms. The van der Waals surface area contributed by atoms with Gasteiger partial charge in [-0.05, 0) is 36.6 Å². The van der Waals surface area contributed by atoms with Crippen LogP contribution >= 0.6 is 11.8 Å². The third kappa shape index (κ3) is 2.63. The zero-order valence-electron chi connectivity index (χ0n) is 9.77. The van der Waals surface area contributed by atoms with Crippen LogP contribution in [0.1, 0.15) is 5.56 Å². The second kappa shape index (κ2) is 5.56. The lowest BCUT2D eigenvalue weighted by molar-refractivity contribution is 0.624. The molecule has 0 radical (unpaired) electrons. The second-order valence-electron chi connectivity index (χ2n) is 3.63. The van der Waals surface area contributed by atoms with Gasteiger partial charge in [0, 0.05) is 10.6 Å². The van der Waals surface area contributed by atoms with Gasteiger partial charge < -0.3 is 5.32 Å². The summed E-state index contributed by atoms with van der Waals surface area (Å²) in [5.74, 6) is -0.511. The van der Waals surface area contributed by atoms with Crippen LogP contribution in [-0.4, -0.2) is 6.26 Å². The molecule has 2 nitrogen and oxygen atoms in total. The highest BCUT2D eigenvalue weighted by Gasteiger charge is 2.07. The molecule has 0 bridgehead atoms. The molecule has 18 heavy (non-hydrogen) atoms. The van der Waals surface area contributed by atoms with Crippen molar-refractivity contribution < 1.29 is 4.39 Å². The van der Waals surface area contributed by atoms with Crippen LogP contribution in [0.25, 0.3) is 0 Å². The fourth-order valence-corrected chi connectivity index (χ4v) is 2.06. The van der Waals surface area contributed by atoms with E-state index in [0.717, 1.165) is 10.6 Å². The van der Waals surface area contributed by atoms with Crippen molar-refractivity contribution in [1.29, 1.82) is 5.26 Å². The van der Waals surface area contributed by atoms with Gasteiger partial charge in [0.1, 0.15) is 17.4 Å². The van der Waals surface area contributed by atoms with Crippen molar-refractivity contribution >= 4 is 23.1 Å². The molecule has 0 atom stereocenters. The van der Waals surface area contributed by atoms with E-state index in [1.54, 1.807) is 23.9 Å². The first kappa shape index (κ1) is 12.5. The van der Waals surface area contributed by atoms with E-state index in [4.69, 9.17) is 5.26 Å². The summed E-state index contributed by atoms with van der Waals surface area (Å²) in [6, 6.07) is 14.2. The van der Waals surface area contributed by atoms with Crippen molar-refractivity contribution in [3.63, 3.8) is 0 Å². The van der Waals surface area contributed by atoms with E-state index in [9.17, 15) is 4.39 Å². The minimum Gasteiger partial charge on any atom is -0.354 e. The summed E-state index contributed by atoms with van der Waals surface area (Å²) < 4.78 is 13.4. The molecule has 0 unspecified atom stereocenters. The number of nitrogens with zero attached hydrogens (tertiary/aromatic N) is 1. The number of thioether (sulfide) groups is 1. The summed E-state index contributed by atoms with van der Waals surface area (Å²) >= 11 is 1.63. The predicted octanol–water partition coefficient (Wildman–Crippen LogP) is 4.16. The Hall–Kier alpha value is -1.99. The van der Waals surface area contributed by atoms with Gasteiger partial charge in [-0.2, -0.15) is 5.26 Å². The highest BCUT2D eigenvalue weighted by atomic mass is 32.2. The number of nitrogens with one attached hydrogen (secondary N) is 1. The monoisotopic (exact) mass is 258 g/mol. The SMILES string of the molecule is CSc1cccc(Nc2cccc(F)c2C#N)c1. The van der Waals surface area contributed by atoms with E-state index in [2.05, 4.69) is 5.32 Å². The standard InChI is InChI=1S/C14H11FN2S/c1-18-11-5-2-4-10(8-11)17-14-7-3-6-13(15)12(14)9-16/h2-8,17H,1H3. The van der Waals surface area contributed by atoms with Crippen molar-refractivity contribution in [1.82, 2.24) is 0 Å². The van der Waals surface area contributed by atoms with Gasteiger partial charge in [0.05, 0.1) is 5.69 Å². The van der Waals surface area contributed by atoms with E-state index in [1.165, 1.54) is 6.07 Å². The quantitative estimate of drug-likeness (QED) is 0.839. The minimum atomic E-state index is -0.511. The Kier molecular flexibility index (Phi) is 3.85. The molecule has 0 heterocycles. The summed E-state index contributed by atoms with van der Waals surface area (Å²) in [4.78, 5) is 1.11. The summed E-state index contributed by atoms with van der Waals surface area (Å²) in [7, 11) is 0. The fraction of sp³-hybridized carbons (Fsp3) is 0.0714. The first-order valence-electron chi connectivity index (χ1n) is 5.34. The number of rotatable bonds is 3. The Morgan fingerprint density at radius 3 is 2.72 bits per heavy atom. The van der Waals surface area contributed by atoms with Gasteiger partial charge in [0.25, 0.3) is 0 Å². The lowest BCUT2D eigenvalue weighted by Crippen LogP contribution is -1.95. The average molecular weight is 258 g/mol. The molecule has 0 saturated carbocycles. The van der Waals surface area contributed by atoms with Crippen molar-refractivity contribution in [3.8, 4) is 6.07 Å². The molecule has 2 aromatic rings. The Balaban J connectivity index is 2.34. The third-order valence-electron chi connectivity index (χ3n) is 2.47. The zero-order chi connectivity index (χ0) is 13.0. The summed E-state index contributed by atoms with van der Waals surface area (Å²) in [6.45, 7) is 0. The molecule has 0 aliphatic rings. The van der Waals surface area contributed by atoms with Crippen LogP contribution in [0.2, 0.25) is 0 Å². The van der Waals surface area contributed by atoms with E-state index < -0.39 is 5.82 Å². The molecule has 0 fully saturated rings. The highest BCUT2D eigenvalue weighted by molar-refractivity contribution is 7.98. The summed E-state index contributed by atoms with van der Waals surface area (Å²) in [5.41, 5.74) is 1.35. The number of halogens is 1. The minimum absolute atomic E-state index is 0.0343. The molecule has 0 amide bonds. The maximum Gasteiger partial charge on any atom is 0.143 e. The first-order chi connectivity index (χ1) is 8.74. The van der Waals surface area contributed by atoms with Crippen molar-refractivity contribution in [3.05, 3.63) is 53.8 Å². The third-order valence-corrected chi connectivity index (χ3v) is 3.20. The van der Waals surface area contributed by atoms with E-state index in [-0.39, 0.29) is 5.56 Å². The topological polar surface area (TPSA) is 35.8 Å². The van der Waals surface area contributed by atoms with Gasteiger partial charge in [0.2, 0.25) is 0 Å². The highest BCUT2D eigenvalue weighted by Crippen LogP contribution is 2.25. The normalized spacial score (nSPS) is 9.83. The van der Waals surface area contributed by atoms with E-state index >= 15 is 0 Å². The smallest absolute Gasteiger partial charge is 0.143 e. The Morgan fingerprint density at radius 1 is 1.22 bits per heavy atom. The van der Waals surface area contributed by atoms with Crippen LogP contribution < -0.4 is 5.32 Å². The van der Waals surface area contributed by atoms with Crippen molar-refractivity contribution in [2.24, 2.45) is 0 Å². The van der Waals surface area contributed by atoms with Gasteiger partial charge in [-0.15, -0.1) is 11.8 Å². The maximum absolute atomic E-state index is 13.4. The molecule has 2 rings (SSSR count). The molecular formula is C14H11FN2S. The number of hydrogen-bond donors (Lipinski definition) is 1. The van der Waals surface area contributed by atoms with E-state index in [0.29, 0.717) is 5.69 Å². The van der Waals surface area contributed by atoms with Crippen LogP contribution in [-0.2, 0) is 0 Å². The number of nitriles is 1. The maximum atomic E-state index is 13.4. The number of benzene rings is 2. The van der Waals surface area contributed by atoms with Gasteiger partial charge >= 0.3 is 0 Å². The second-order valence-corrected chi connectivity index (χ2v) is 4.51. The number of hydrogen-bond acceptors (Lipinski definition) is 3. The molecule has 1 N–H and O–H groups in total. The van der Waals surface area contributed by atoms with Gasteiger partial charge in [-0.3, -0.25) is 0 Å². The van der Waals surface area contributed by atoms with Crippen LogP contribution in [0.4, 0.5) is 15.8 Å². The van der Waals surface area contributed by atoms with Crippen molar-refractivity contribution in [2.45, 2.75) is 4.90 Å². The Labute approximate surface area is 109 Å². The van der Waals surface area contributed by atoms with Crippen LogP contribution in [0, 0.1) is 17.1 Å². The molecule has 4 heteroatoms. The Morgan fingerprint density at radius 2 is 2.00 bits per heavy atom. The van der Waals surface area contributed by atoms with Crippen LogP contribution in [0.3, 0.4) is 0 Å². The van der Waals surface area contributed by atoms with Gasteiger partial charge in [-0.25, -0.2) is 4.39 Å². The van der Waals surface area contributed by atoms with Crippen LogP contribution in [0.5, 0.6) is 0 Å². The fourth-order valence-electron chi connectivity index (χ4n) is 1.60. The molecule has 0 aliphatic heterocycles. The van der Waals surface area contributed by atoms with E-state index in [1.807, 2.05) is 36.6 Å². The molecular weight excluding hydrogens is 247 g/mol. The number of anilines is 2. The summed E-state index contributed by atoms with van der Waals surface area (Å²) in [5, 5.41) is 12.0. The van der Waals surface area contributed by atoms with Gasteiger partial charge in [-0.1, -0.05) is 12.1 Å². The average Bonchev–Trinajstić information content (AvgIpc) is 2.39. The van der Waals surface area contributed by atoms with Crippen LogP contribution in [0.15, 0.2) is 47.4 Å². The lowest BCUT2D eigenvalue weighted by atomic mass is 10.1. The molecule has 0 aromatic heterocycles. The first-order valence-corrected chi connectivity index (χ1v) is 6.57. The Bertz CT molecular complexity index is 605. The lowest BCUT2D eigenvalue weighted by Gasteiger charge is -2.09. The van der Waals surface area contributed by atoms with Crippen molar-refractivity contribution in [2.75, 3.05) is 11.6 Å². The largest absolute Gasteiger partial charge is 0.354 e. The van der Waals surface area contributed by atoms with Gasteiger partial charge in [0.15, 0.2) is 0 Å². The molecule has 2 aromatic carbocycles. The predicted molar refractivity (Wildman–Crippen MR) is 72.6 cm³/mol. The molecule has 0 saturated heterocycles. The molecule has 0 aliphatic carbocycles. The summed E-state index contributed by atoms with van der Waals surface area (Å²) in [6.07, 6.45) is 1.99.